The van der Waals surface area contributed by atoms with Crippen molar-refractivity contribution in [3.05, 3.63) is 20.7 Å². The highest BCUT2D eigenvalue weighted by Gasteiger charge is 2.23. The maximum atomic E-state index is 11.4. The Morgan fingerprint density at radius 1 is 1.40 bits per heavy atom. The topological polar surface area (TPSA) is 82.3 Å². The van der Waals surface area contributed by atoms with Gasteiger partial charge in [-0.1, -0.05) is 11.3 Å². The minimum absolute atomic E-state index is 0.0349. The van der Waals surface area contributed by atoms with E-state index in [4.69, 9.17) is 0 Å². The number of carbonyl (C=O) groups is 2. The van der Waals surface area contributed by atoms with E-state index in [0.717, 1.165) is 11.3 Å². The van der Waals surface area contributed by atoms with Gasteiger partial charge in [0.05, 0.1) is 19.6 Å². The highest BCUT2D eigenvalue weighted by atomic mass is 32.1. The Kier molecular flexibility index (Phi) is 2.55. The molecule has 0 atom stereocenters. The lowest BCUT2D eigenvalue weighted by atomic mass is 10.3. The van der Waals surface area contributed by atoms with Crippen molar-refractivity contribution in [2.24, 2.45) is 0 Å². The van der Waals surface area contributed by atoms with E-state index in [1.54, 1.807) is 5.38 Å². The van der Waals surface area contributed by atoms with Crippen LogP contribution in [0.5, 0.6) is 0 Å². The molecule has 0 spiro atoms. The Morgan fingerprint density at radius 3 is 2.87 bits per heavy atom. The predicted octanol–water partition coefficient (Wildman–Crippen LogP) is -1.11. The summed E-state index contributed by atoms with van der Waals surface area (Å²) < 4.78 is 0. The molecule has 0 aromatic carbocycles. The number of rotatable bonds is 2. The fourth-order valence-corrected chi connectivity index (χ4v) is 1.92. The number of nitrogens with zero attached hydrogens (tertiary/aromatic N) is 1. The van der Waals surface area contributed by atoms with Crippen molar-refractivity contribution in [1.29, 1.82) is 0 Å². The maximum Gasteiger partial charge on any atom is 0.304 e. The minimum atomic E-state index is -0.174. The number of aromatic nitrogens is 1. The van der Waals surface area contributed by atoms with E-state index in [1.807, 2.05) is 0 Å². The SMILES string of the molecule is O=C1CN(Cc2csc(=O)[nH]2)C(=O)CN1. The van der Waals surface area contributed by atoms with Gasteiger partial charge in [-0.2, -0.15) is 0 Å². The van der Waals surface area contributed by atoms with Gasteiger partial charge >= 0.3 is 4.87 Å². The molecule has 7 heteroatoms. The zero-order valence-corrected chi connectivity index (χ0v) is 8.60. The third-order valence-electron chi connectivity index (χ3n) is 2.06. The summed E-state index contributed by atoms with van der Waals surface area (Å²) in [6.07, 6.45) is 0. The highest BCUT2D eigenvalue weighted by molar-refractivity contribution is 7.07. The molecule has 80 valence electrons. The van der Waals surface area contributed by atoms with Gasteiger partial charge in [0.15, 0.2) is 0 Å². The Labute approximate surface area is 88.9 Å². The van der Waals surface area contributed by atoms with E-state index in [2.05, 4.69) is 10.3 Å². The second-order valence-electron chi connectivity index (χ2n) is 3.20. The lowest BCUT2D eigenvalue weighted by Gasteiger charge is -2.25. The van der Waals surface area contributed by atoms with E-state index in [0.29, 0.717) is 5.69 Å². The molecule has 2 heterocycles. The quantitative estimate of drug-likeness (QED) is 0.672. The molecular formula is C8H9N3O3S. The van der Waals surface area contributed by atoms with Crippen molar-refractivity contribution in [2.75, 3.05) is 13.1 Å². The molecule has 6 nitrogen and oxygen atoms in total. The van der Waals surface area contributed by atoms with Crippen LogP contribution < -0.4 is 10.2 Å². The summed E-state index contributed by atoms with van der Waals surface area (Å²) in [7, 11) is 0. The number of thiazole rings is 1. The number of carbonyl (C=O) groups excluding carboxylic acids is 2. The Balaban J connectivity index is 2.07. The van der Waals surface area contributed by atoms with Crippen LogP contribution in [-0.4, -0.2) is 34.8 Å². The van der Waals surface area contributed by atoms with Crippen LogP contribution in [0.3, 0.4) is 0 Å². The molecule has 0 radical (unpaired) electrons. The fourth-order valence-electron chi connectivity index (χ4n) is 1.34. The Bertz CT molecular complexity index is 450. The van der Waals surface area contributed by atoms with Crippen LogP contribution in [-0.2, 0) is 16.1 Å². The molecule has 1 aromatic heterocycles. The zero-order valence-electron chi connectivity index (χ0n) is 7.78. The van der Waals surface area contributed by atoms with Gasteiger partial charge in [0, 0.05) is 11.1 Å². The van der Waals surface area contributed by atoms with Gasteiger partial charge in [0.25, 0.3) is 0 Å². The third kappa shape index (κ3) is 2.24. The summed E-state index contributed by atoms with van der Waals surface area (Å²) in [5, 5.41) is 4.11. The summed E-state index contributed by atoms with van der Waals surface area (Å²) in [6, 6.07) is 0. The predicted molar refractivity (Wildman–Crippen MR) is 53.4 cm³/mol. The van der Waals surface area contributed by atoms with Crippen molar-refractivity contribution in [3.63, 3.8) is 0 Å². The summed E-state index contributed by atoms with van der Waals surface area (Å²) in [5.74, 6) is -0.311. The summed E-state index contributed by atoms with van der Waals surface area (Å²) >= 11 is 1.05. The number of amides is 2. The van der Waals surface area contributed by atoms with Gasteiger partial charge in [-0.15, -0.1) is 0 Å². The molecule has 1 aliphatic rings. The van der Waals surface area contributed by atoms with E-state index in [-0.39, 0.29) is 36.3 Å². The first kappa shape index (κ1) is 9.91. The lowest BCUT2D eigenvalue weighted by molar-refractivity contribution is -0.141. The van der Waals surface area contributed by atoms with Crippen LogP contribution in [0.4, 0.5) is 0 Å². The van der Waals surface area contributed by atoms with E-state index < -0.39 is 0 Å². The van der Waals surface area contributed by atoms with Gasteiger partial charge in [0.2, 0.25) is 11.8 Å². The molecule has 15 heavy (non-hydrogen) atoms. The highest BCUT2D eigenvalue weighted by Crippen LogP contribution is 2.04. The molecule has 2 N–H and O–H groups in total. The van der Waals surface area contributed by atoms with Crippen molar-refractivity contribution in [2.45, 2.75) is 6.54 Å². The normalized spacial score (nSPS) is 16.7. The first-order valence-electron chi connectivity index (χ1n) is 4.36. The van der Waals surface area contributed by atoms with Gasteiger partial charge in [-0.25, -0.2) is 0 Å². The van der Waals surface area contributed by atoms with Gasteiger partial charge in [0.1, 0.15) is 0 Å². The number of hydrogen-bond acceptors (Lipinski definition) is 4. The van der Waals surface area contributed by atoms with Crippen LogP contribution in [0, 0.1) is 0 Å². The average Bonchev–Trinajstić information content (AvgIpc) is 2.58. The van der Waals surface area contributed by atoms with Crippen molar-refractivity contribution in [3.8, 4) is 0 Å². The zero-order chi connectivity index (χ0) is 10.8. The fraction of sp³-hybridized carbons (Fsp3) is 0.375. The van der Waals surface area contributed by atoms with Gasteiger partial charge < -0.3 is 15.2 Å². The maximum absolute atomic E-state index is 11.4. The number of aromatic amines is 1. The van der Waals surface area contributed by atoms with Crippen LogP contribution in [0.2, 0.25) is 0 Å². The monoisotopic (exact) mass is 227 g/mol. The molecular weight excluding hydrogens is 218 g/mol. The smallest absolute Gasteiger partial charge is 0.304 e. The van der Waals surface area contributed by atoms with E-state index in [9.17, 15) is 14.4 Å². The van der Waals surface area contributed by atoms with Crippen molar-refractivity contribution in [1.82, 2.24) is 15.2 Å². The number of hydrogen-bond donors (Lipinski definition) is 2. The average molecular weight is 227 g/mol. The first-order chi connectivity index (χ1) is 7.15. The number of piperazine rings is 1. The van der Waals surface area contributed by atoms with E-state index >= 15 is 0 Å². The standard InChI is InChI=1S/C8H9N3O3S/c12-6-3-11(7(13)1-9-6)2-5-4-15-8(14)10-5/h4H,1-3H2,(H,9,12)(H,10,14). The number of H-pyrrole nitrogens is 1. The van der Waals surface area contributed by atoms with Crippen LogP contribution >= 0.6 is 11.3 Å². The third-order valence-corrected chi connectivity index (χ3v) is 2.77. The molecule has 0 unspecified atom stereocenters. The second-order valence-corrected chi connectivity index (χ2v) is 4.04. The Hall–Kier alpha value is -1.63. The second kappa shape index (κ2) is 3.85. The molecule has 2 amide bonds. The van der Waals surface area contributed by atoms with Crippen molar-refractivity contribution < 1.29 is 9.59 Å². The first-order valence-corrected chi connectivity index (χ1v) is 5.24. The summed E-state index contributed by atoms with van der Waals surface area (Å²) in [4.78, 5) is 37.1. The van der Waals surface area contributed by atoms with E-state index in [1.165, 1.54) is 4.90 Å². The molecule has 1 aromatic rings. The molecule has 1 saturated heterocycles. The van der Waals surface area contributed by atoms with Crippen LogP contribution in [0.15, 0.2) is 10.2 Å². The molecule has 1 fully saturated rings. The molecule has 0 aliphatic carbocycles. The van der Waals surface area contributed by atoms with Gasteiger partial charge in [-0.05, 0) is 0 Å². The summed E-state index contributed by atoms with van der Waals surface area (Å²) in [5.41, 5.74) is 0.660. The minimum Gasteiger partial charge on any atom is -0.345 e. The van der Waals surface area contributed by atoms with Crippen LogP contribution in [0.25, 0.3) is 0 Å². The molecule has 2 rings (SSSR count). The summed E-state index contributed by atoms with van der Waals surface area (Å²) in [6.45, 7) is 0.370. The van der Waals surface area contributed by atoms with Gasteiger partial charge in [-0.3, -0.25) is 14.4 Å². The van der Waals surface area contributed by atoms with Crippen LogP contribution in [0.1, 0.15) is 5.69 Å². The molecule has 0 bridgehead atoms. The lowest BCUT2D eigenvalue weighted by Crippen LogP contribution is -2.51. The Morgan fingerprint density at radius 2 is 2.20 bits per heavy atom. The van der Waals surface area contributed by atoms with Crippen molar-refractivity contribution >= 4 is 23.2 Å². The molecule has 0 saturated carbocycles. The molecule has 1 aliphatic heterocycles. The number of nitrogens with one attached hydrogen (secondary N) is 2. The largest absolute Gasteiger partial charge is 0.345 e.